The molecule has 1 heterocycles. The summed E-state index contributed by atoms with van der Waals surface area (Å²) < 4.78 is 1.06. The van der Waals surface area contributed by atoms with Crippen molar-refractivity contribution in [2.75, 3.05) is 18.4 Å². The van der Waals surface area contributed by atoms with E-state index in [2.05, 4.69) is 26.2 Å². The minimum absolute atomic E-state index is 0.456. The van der Waals surface area contributed by atoms with E-state index in [1.165, 1.54) is 12.8 Å². The summed E-state index contributed by atoms with van der Waals surface area (Å²) in [5.74, 6) is 0.962. The second-order valence-electron chi connectivity index (χ2n) is 4.66. The molecule has 1 fully saturated rings. The molecule has 0 aliphatic heterocycles. The molecule has 0 saturated heterocycles. The minimum Gasteiger partial charge on any atom is -0.370 e. The molecule has 1 aromatic heterocycles. The Hall–Kier alpha value is -0.610. The molecule has 1 aliphatic carbocycles. The zero-order valence-electron chi connectivity index (χ0n) is 9.59. The number of pyridine rings is 1. The number of hydrogen-bond acceptors (Lipinski definition) is 3. The maximum Gasteiger partial charge on any atom is 0.126 e. The van der Waals surface area contributed by atoms with Gasteiger partial charge in [0.1, 0.15) is 5.82 Å². The van der Waals surface area contributed by atoms with Crippen molar-refractivity contribution in [3.8, 4) is 0 Å². The maximum atomic E-state index is 5.62. The van der Waals surface area contributed by atoms with Gasteiger partial charge in [-0.15, -0.1) is 0 Å². The standard InChI is InChI=1S/C12H18BrN3/c1-9-10(13)2-3-11(16-9)15-8-12(4-5-12)6-7-14/h2-3H,4-8,14H2,1H3,(H,15,16). The molecule has 88 valence electrons. The van der Waals surface area contributed by atoms with Gasteiger partial charge in [0, 0.05) is 11.0 Å². The number of nitrogens with zero attached hydrogens (tertiary/aromatic N) is 1. The summed E-state index contributed by atoms with van der Waals surface area (Å²) in [7, 11) is 0. The summed E-state index contributed by atoms with van der Waals surface area (Å²) in [6, 6.07) is 4.04. The Balaban J connectivity index is 1.92. The number of aryl methyl sites for hydroxylation is 1. The van der Waals surface area contributed by atoms with Gasteiger partial charge in [-0.2, -0.15) is 0 Å². The average molecular weight is 284 g/mol. The third-order valence-corrected chi connectivity index (χ3v) is 4.14. The van der Waals surface area contributed by atoms with Crippen LogP contribution < -0.4 is 11.1 Å². The number of aromatic nitrogens is 1. The van der Waals surface area contributed by atoms with Crippen LogP contribution in [0.3, 0.4) is 0 Å². The van der Waals surface area contributed by atoms with Crippen LogP contribution in [0.2, 0.25) is 0 Å². The van der Waals surface area contributed by atoms with Crippen LogP contribution in [0.1, 0.15) is 25.0 Å². The molecule has 4 heteroatoms. The first-order valence-corrected chi connectivity index (χ1v) is 6.52. The van der Waals surface area contributed by atoms with Crippen LogP contribution in [-0.4, -0.2) is 18.1 Å². The molecule has 2 rings (SSSR count). The van der Waals surface area contributed by atoms with E-state index in [0.717, 1.165) is 35.5 Å². The van der Waals surface area contributed by atoms with Crippen LogP contribution in [0, 0.1) is 12.3 Å². The predicted octanol–water partition coefficient (Wildman–Crippen LogP) is 2.69. The summed E-state index contributed by atoms with van der Waals surface area (Å²) in [6.45, 7) is 3.79. The normalized spacial score (nSPS) is 17.2. The lowest BCUT2D eigenvalue weighted by Gasteiger charge is -2.15. The minimum atomic E-state index is 0.456. The van der Waals surface area contributed by atoms with Gasteiger partial charge in [0.15, 0.2) is 0 Å². The van der Waals surface area contributed by atoms with Crippen molar-refractivity contribution in [2.24, 2.45) is 11.1 Å². The van der Waals surface area contributed by atoms with E-state index in [1.54, 1.807) is 0 Å². The summed E-state index contributed by atoms with van der Waals surface area (Å²) in [4.78, 5) is 4.47. The Morgan fingerprint density at radius 2 is 2.25 bits per heavy atom. The number of hydrogen-bond donors (Lipinski definition) is 2. The molecule has 0 radical (unpaired) electrons. The summed E-state index contributed by atoms with van der Waals surface area (Å²) in [5.41, 5.74) is 7.10. The van der Waals surface area contributed by atoms with Gasteiger partial charge in [-0.25, -0.2) is 4.98 Å². The molecule has 0 amide bonds. The molecule has 1 aliphatic rings. The van der Waals surface area contributed by atoms with Crippen LogP contribution in [0.15, 0.2) is 16.6 Å². The SMILES string of the molecule is Cc1nc(NCC2(CCN)CC2)ccc1Br. The summed E-state index contributed by atoms with van der Waals surface area (Å²) >= 11 is 3.45. The van der Waals surface area contributed by atoms with E-state index in [-0.39, 0.29) is 0 Å². The van der Waals surface area contributed by atoms with Crippen LogP contribution in [-0.2, 0) is 0 Å². The highest BCUT2D eigenvalue weighted by atomic mass is 79.9. The van der Waals surface area contributed by atoms with E-state index in [4.69, 9.17) is 5.73 Å². The maximum absolute atomic E-state index is 5.62. The van der Waals surface area contributed by atoms with Crippen molar-refractivity contribution in [1.29, 1.82) is 0 Å². The fraction of sp³-hybridized carbons (Fsp3) is 0.583. The molecule has 1 saturated carbocycles. The first-order valence-electron chi connectivity index (χ1n) is 5.72. The summed E-state index contributed by atoms with van der Waals surface area (Å²) in [6.07, 6.45) is 3.72. The molecule has 0 atom stereocenters. The zero-order chi connectivity index (χ0) is 11.6. The zero-order valence-corrected chi connectivity index (χ0v) is 11.2. The highest BCUT2D eigenvalue weighted by Gasteiger charge is 2.41. The van der Waals surface area contributed by atoms with Crippen molar-refractivity contribution in [3.05, 3.63) is 22.3 Å². The van der Waals surface area contributed by atoms with Crippen LogP contribution >= 0.6 is 15.9 Å². The molecular formula is C12H18BrN3. The molecule has 3 N–H and O–H groups in total. The highest BCUT2D eigenvalue weighted by molar-refractivity contribution is 9.10. The quantitative estimate of drug-likeness (QED) is 0.874. The third kappa shape index (κ3) is 2.74. The van der Waals surface area contributed by atoms with E-state index in [9.17, 15) is 0 Å². The third-order valence-electron chi connectivity index (χ3n) is 3.30. The smallest absolute Gasteiger partial charge is 0.126 e. The lowest BCUT2D eigenvalue weighted by atomic mass is 10.0. The van der Waals surface area contributed by atoms with E-state index in [1.807, 2.05) is 19.1 Å². The Bertz CT molecular complexity index is 375. The van der Waals surface area contributed by atoms with Gasteiger partial charge in [-0.05, 0) is 66.2 Å². The number of nitrogens with one attached hydrogen (secondary N) is 1. The van der Waals surface area contributed by atoms with Crippen molar-refractivity contribution in [1.82, 2.24) is 4.98 Å². The first-order chi connectivity index (χ1) is 7.65. The second kappa shape index (κ2) is 4.72. The van der Waals surface area contributed by atoms with Crippen molar-refractivity contribution < 1.29 is 0 Å². The number of anilines is 1. The Morgan fingerprint density at radius 1 is 1.50 bits per heavy atom. The molecule has 1 aromatic rings. The second-order valence-corrected chi connectivity index (χ2v) is 5.51. The molecule has 0 aromatic carbocycles. The van der Waals surface area contributed by atoms with Gasteiger partial charge in [0.2, 0.25) is 0 Å². The van der Waals surface area contributed by atoms with Gasteiger partial charge >= 0.3 is 0 Å². The van der Waals surface area contributed by atoms with E-state index in [0.29, 0.717) is 5.41 Å². The fourth-order valence-corrected chi connectivity index (χ4v) is 2.14. The van der Waals surface area contributed by atoms with E-state index >= 15 is 0 Å². The Kier molecular flexibility index (Phi) is 3.50. The van der Waals surface area contributed by atoms with Crippen molar-refractivity contribution >= 4 is 21.7 Å². The van der Waals surface area contributed by atoms with Gasteiger partial charge in [0.25, 0.3) is 0 Å². The first kappa shape index (κ1) is 11.9. The van der Waals surface area contributed by atoms with Crippen LogP contribution in [0.4, 0.5) is 5.82 Å². The predicted molar refractivity (Wildman–Crippen MR) is 70.5 cm³/mol. The number of nitrogens with two attached hydrogens (primary N) is 1. The lowest BCUT2D eigenvalue weighted by Crippen LogP contribution is -2.19. The Labute approximate surface area is 105 Å². The molecule has 0 unspecified atom stereocenters. The fourth-order valence-electron chi connectivity index (χ4n) is 1.92. The molecular weight excluding hydrogens is 266 g/mol. The average Bonchev–Trinajstić information content (AvgIpc) is 3.01. The number of halogens is 1. The van der Waals surface area contributed by atoms with Gasteiger partial charge in [0.05, 0.1) is 5.69 Å². The van der Waals surface area contributed by atoms with Crippen LogP contribution in [0.25, 0.3) is 0 Å². The van der Waals surface area contributed by atoms with Gasteiger partial charge in [-0.1, -0.05) is 0 Å². The largest absolute Gasteiger partial charge is 0.370 e. The van der Waals surface area contributed by atoms with Crippen molar-refractivity contribution in [2.45, 2.75) is 26.2 Å². The van der Waals surface area contributed by atoms with Crippen molar-refractivity contribution in [3.63, 3.8) is 0 Å². The highest BCUT2D eigenvalue weighted by Crippen LogP contribution is 2.48. The summed E-state index contributed by atoms with van der Waals surface area (Å²) in [5, 5.41) is 3.41. The number of rotatable bonds is 5. The molecule has 0 spiro atoms. The topological polar surface area (TPSA) is 50.9 Å². The molecule has 16 heavy (non-hydrogen) atoms. The Morgan fingerprint density at radius 3 is 2.81 bits per heavy atom. The molecule has 0 bridgehead atoms. The molecule has 3 nitrogen and oxygen atoms in total. The van der Waals surface area contributed by atoms with Gasteiger partial charge < -0.3 is 11.1 Å². The lowest BCUT2D eigenvalue weighted by molar-refractivity contribution is 0.500. The van der Waals surface area contributed by atoms with Gasteiger partial charge in [-0.3, -0.25) is 0 Å². The van der Waals surface area contributed by atoms with E-state index < -0.39 is 0 Å². The monoisotopic (exact) mass is 283 g/mol. The van der Waals surface area contributed by atoms with Crippen LogP contribution in [0.5, 0.6) is 0 Å².